The number of rotatable bonds is 37. The molecule has 0 spiro atoms. The van der Waals surface area contributed by atoms with E-state index in [0.29, 0.717) is 6.42 Å². The van der Waals surface area contributed by atoms with Crippen LogP contribution in [-0.4, -0.2) is 89.0 Å². The first-order chi connectivity index (χ1) is 26.3. The third-order valence-electron chi connectivity index (χ3n) is 10.4. The average Bonchev–Trinajstić information content (AvgIpc) is 3.17. The van der Waals surface area contributed by atoms with E-state index in [1.807, 2.05) is 0 Å². The van der Waals surface area contributed by atoms with Crippen molar-refractivity contribution in [2.45, 2.75) is 237 Å². The molecule has 0 aliphatic carbocycles. The van der Waals surface area contributed by atoms with Crippen molar-refractivity contribution in [1.82, 2.24) is 0 Å². The summed E-state index contributed by atoms with van der Waals surface area (Å²) in [6.45, 7) is 3.42. The van der Waals surface area contributed by atoms with Crippen LogP contribution in [0, 0.1) is 0 Å². The van der Waals surface area contributed by atoms with Gasteiger partial charge >= 0.3 is 11.9 Å². The molecule has 4 N–H and O–H groups in total. The molecule has 0 aromatic rings. The lowest BCUT2D eigenvalue weighted by molar-refractivity contribution is -0.305. The highest BCUT2D eigenvalue weighted by Gasteiger charge is 2.44. The number of carbonyl (C=O) groups is 2. The minimum absolute atomic E-state index is 0.216. The van der Waals surface area contributed by atoms with Gasteiger partial charge in [-0.1, -0.05) is 161 Å². The number of hydrogen-bond donors (Lipinski definition) is 4. The highest BCUT2D eigenvalue weighted by molar-refractivity contribution is 5.70. The summed E-state index contributed by atoms with van der Waals surface area (Å²) >= 11 is 0. The second-order valence-electron chi connectivity index (χ2n) is 15.5. The van der Waals surface area contributed by atoms with E-state index in [4.69, 9.17) is 18.9 Å². The van der Waals surface area contributed by atoms with Crippen molar-refractivity contribution in [2.75, 3.05) is 19.8 Å². The van der Waals surface area contributed by atoms with Gasteiger partial charge in [-0.05, 0) is 38.5 Å². The molecule has 0 amide bonds. The van der Waals surface area contributed by atoms with E-state index < -0.39 is 49.4 Å². The van der Waals surface area contributed by atoms with Crippen LogP contribution >= 0.6 is 0 Å². The Labute approximate surface area is 329 Å². The standard InChI is InChI=1S/C44H82O10/c1-3-5-7-9-11-13-15-17-19-21-22-24-26-28-30-32-39(46)51-35-37(36-52-44-43(50)42(49)41(48)38(34-45)54-44)53-40(47)33-31-29-27-25-23-20-18-16-14-12-10-8-6-4-2/h17,19,37-38,41-45,48-50H,3-16,18,20-36H2,1-2H3/b19-17-/t37?,38-,41+,42+,43-,44-/m1/s1. The van der Waals surface area contributed by atoms with Crippen LogP contribution in [0.5, 0.6) is 0 Å². The van der Waals surface area contributed by atoms with E-state index in [0.717, 1.165) is 57.8 Å². The summed E-state index contributed by atoms with van der Waals surface area (Å²) in [5.41, 5.74) is 0. The lowest BCUT2D eigenvalue weighted by Crippen LogP contribution is -2.59. The number of hydrogen-bond acceptors (Lipinski definition) is 10. The Kier molecular flexibility index (Phi) is 33.5. The first-order valence-corrected chi connectivity index (χ1v) is 22.3. The second-order valence-corrected chi connectivity index (χ2v) is 15.5. The van der Waals surface area contributed by atoms with Gasteiger partial charge in [0.2, 0.25) is 0 Å². The number of ether oxygens (including phenoxy) is 4. The molecule has 0 saturated carbocycles. The molecule has 1 unspecified atom stereocenters. The van der Waals surface area contributed by atoms with Gasteiger partial charge < -0.3 is 39.4 Å². The van der Waals surface area contributed by atoms with Gasteiger partial charge in [0.05, 0.1) is 13.2 Å². The first-order valence-electron chi connectivity index (χ1n) is 22.3. The molecule has 1 heterocycles. The van der Waals surface area contributed by atoms with Crippen molar-refractivity contribution in [3.63, 3.8) is 0 Å². The van der Waals surface area contributed by atoms with E-state index in [9.17, 15) is 30.0 Å². The van der Waals surface area contributed by atoms with Gasteiger partial charge in [-0.15, -0.1) is 0 Å². The lowest BCUT2D eigenvalue weighted by Gasteiger charge is -2.39. The summed E-state index contributed by atoms with van der Waals surface area (Å²) in [5.74, 6) is -0.807. The smallest absolute Gasteiger partial charge is 0.306 e. The topological polar surface area (TPSA) is 152 Å². The van der Waals surface area contributed by atoms with Gasteiger partial charge in [0.25, 0.3) is 0 Å². The molecule has 1 saturated heterocycles. The maximum Gasteiger partial charge on any atom is 0.306 e. The quantitative estimate of drug-likeness (QED) is 0.0273. The summed E-state index contributed by atoms with van der Waals surface area (Å²) in [6.07, 6.45) is 29.3. The molecule has 6 atom stereocenters. The molecule has 0 bridgehead atoms. The summed E-state index contributed by atoms with van der Waals surface area (Å²) in [6, 6.07) is 0. The SMILES string of the molecule is CCCCCCCC/C=C\CCCCCCCC(=O)OCC(CO[C@@H]1O[C@H](CO)[C@H](O)[C@H](O)[C@H]1O)OC(=O)CCCCCCCCCCCCCCCC. The van der Waals surface area contributed by atoms with Gasteiger partial charge in [-0.25, -0.2) is 0 Å². The Morgan fingerprint density at radius 1 is 0.556 bits per heavy atom. The maximum absolute atomic E-state index is 12.7. The highest BCUT2D eigenvalue weighted by atomic mass is 16.7. The fourth-order valence-corrected chi connectivity index (χ4v) is 6.83. The Balaban J connectivity index is 2.33. The Morgan fingerprint density at radius 2 is 0.981 bits per heavy atom. The molecule has 1 fully saturated rings. The van der Waals surface area contributed by atoms with Crippen molar-refractivity contribution in [3.8, 4) is 0 Å². The fourth-order valence-electron chi connectivity index (χ4n) is 6.83. The van der Waals surface area contributed by atoms with E-state index in [1.165, 1.54) is 109 Å². The third-order valence-corrected chi connectivity index (χ3v) is 10.4. The lowest BCUT2D eigenvalue weighted by atomic mass is 9.99. The number of unbranched alkanes of at least 4 members (excludes halogenated alkanes) is 24. The summed E-state index contributed by atoms with van der Waals surface area (Å²) in [7, 11) is 0. The molecule has 318 valence electrons. The van der Waals surface area contributed by atoms with Crippen molar-refractivity contribution in [1.29, 1.82) is 0 Å². The number of aliphatic hydroxyl groups is 4. The zero-order chi connectivity index (χ0) is 39.5. The van der Waals surface area contributed by atoms with Gasteiger partial charge in [-0.2, -0.15) is 0 Å². The molecular weight excluding hydrogens is 688 g/mol. The van der Waals surface area contributed by atoms with Crippen LogP contribution in [0.3, 0.4) is 0 Å². The predicted octanol–water partition coefficient (Wildman–Crippen LogP) is 9.17. The third kappa shape index (κ3) is 27.1. The highest BCUT2D eigenvalue weighted by Crippen LogP contribution is 2.23. The van der Waals surface area contributed by atoms with Gasteiger partial charge in [0.1, 0.15) is 31.0 Å². The van der Waals surface area contributed by atoms with Crippen molar-refractivity contribution in [3.05, 3.63) is 12.2 Å². The predicted molar refractivity (Wildman–Crippen MR) is 215 cm³/mol. The van der Waals surface area contributed by atoms with Crippen LogP contribution in [0.4, 0.5) is 0 Å². The Bertz CT molecular complexity index is 897. The molecule has 0 aromatic heterocycles. The largest absolute Gasteiger partial charge is 0.462 e. The van der Waals surface area contributed by atoms with Crippen LogP contribution in [-0.2, 0) is 28.5 Å². The van der Waals surface area contributed by atoms with Crippen molar-refractivity contribution in [2.24, 2.45) is 0 Å². The van der Waals surface area contributed by atoms with Crippen molar-refractivity contribution >= 4 is 11.9 Å². The Morgan fingerprint density at radius 3 is 1.44 bits per heavy atom. The summed E-state index contributed by atoms with van der Waals surface area (Å²) < 4.78 is 22.1. The molecule has 1 aliphatic heterocycles. The molecule has 1 aliphatic rings. The van der Waals surface area contributed by atoms with E-state index >= 15 is 0 Å². The molecular formula is C44H82O10. The van der Waals surface area contributed by atoms with Crippen LogP contribution < -0.4 is 0 Å². The van der Waals surface area contributed by atoms with Crippen LogP contribution in [0.2, 0.25) is 0 Å². The molecule has 0 radical (unpaired) electrons. The minimum atomic E-state index is -1.59. The van der Waals surface area contributed by atoms with E-state index in [1.54, 1.807) is 0 Å². The fraction of sp³-hybridized carbons (Fsp3) is 0.909. The monoisotopic (exact) mass is 771 g/mol. The second kappa shape index (κ2) is 35.8. The number of esters is 2. The normalized spacial score (nSPS) is 20.7. The maximum atomic E-state index is 12.7. The number of aliphatic hydroxyl groups excluding tert-OH is 4. The first kappa shape index (κ1) is 50.5. The minimum Gasteiger partial charge on any atom is -0.462 e. The van der Waals surface area contributed by atoms with Crippen LogP contribution in [0.1, 0.15) is 200 Å². The van der Waals surface area contributed by atoms with E-state index in [-0.39, 0.29) is 32.0 Å². The average molecular weight is 771 g/mol. The van der Waals surface area contributed by atoms with Gasteiger partial charge in [0, 0.05) is 12.8 Å². The van der Waals surface area contributed by atoms with Gasteiger partial charge in [-0.3, -0.25) is 9.59 Å². The van der Waals surface area contributed by atoms with Crippen LogP contribution in [0.15, 0.2) is 12.2 Å². The molecule has 1 rings (SSSR count). The van der Waals surface area contributed by atoms with E-state index in [2.05, 4.69) is 26.0 Å². The summed E-state index contributed by atoms with van der Waals surface area (Å²) in [5, 5.41) is 40.0. The molecule has 10 heteroatoms. The molecule has 10 nitrogen and oxygen atoms in total. The van der Waals surface area contributed by atoms with Gasteiger partial charge in [0.15, 0.2) is 12.4 Å². The van der Waals surface area contributed by atoms with Crippen LogP contribution in [0.25, 0.3) is 0 Å². The zero-order valence-electron chi connectivity index (χ0n) is 34.5. The molecule has 54 heavy (non-hydrogen) atoms. The number of allylic oxidation sites excluding steroid dienone is 2. The van der Waals surface area contributed by atoms with Crippen molar-refractivity contribution < 1.29 is 49.0 Å². The number of carbonyl (C=O) groups excluding carboxylic acids is 2. The summed E-state index contributed by atoms with van der Waals surface area (Å²) in [4.78, 5) is 25.3. The zero-order valence-corrected chi connectivity index (χ0v) is 34.5. The Hall–Kier alpha value is -1.56. The molecule has 0 aromatic carbocycles.